The highest BCUT2D eigenvalue weighted by molar-refractivity contribution is 9.10. The minimum absolute atomic E-state index is 0.0375. The van der Waals surface area contributed by atoms with Crippen molar-refractivity contribution in [2.75, 3.05) is 34.4 Å². The minimum Gasteiger partial charge on any atom is -0.493 e. The number of hydrogen-bond acceptors (Lipinski definition) is 5. The van der Waals surface area contributed by atoms with Gasteiger partial charge >= 0.3 is 0 Å². The van der Waals surface area contributed by atoms with Crippen molar-refractivity contribution < 1.29 is 23.8 Å². The Balaban J connectivity index is 1.15. The second-order valence-corrected chi connectivity index (χ2v) is 10.3. The van der Waals surface area contributed by atoms with Crippen molar-refractivity contribution in [3.63, 3.8) is 0 Å². The summed E-state index contributed by atoms with van der Waals surface area (Å²) in [5.74, 6) is 2.12. The second kappa shape index (κ2) is 10.5. The van der Waals surface area contributed by atoms with Gasteiger partial charge in [-0.05, 0) is 53.1 Å². The highest BCUT2D eigenvalue weighted by atomic mass is 79.9. The Hall–Kier alpha value is -3.52. The Bertz CT molecular complexity index is 1290. The van der Waals surface area contributed by atoms with Crippen molar-refractivity contribution in [3.05, 3.63) is 76.3 Å². The number of benzene rings is 3. The van der Waals surface area contributed by atoms with Gasteiger partial charge in [-0.15, -0.1) is 0 Å². The van der Waals surface area contributed by atoms with E-state index in [0.717, 1.165) is 21.2 Å². The van der Waals surface area contributed by atoms with Gasteiger partial charge in [-0.2, -0.15) is 0 Å². The van der Waals surface area contributed by atoms with Gasteiger partial charge in [0.25, 0.3) is 5.91 Å². The molecule has 7 nitrogen and oxygen atoms in total. The number of rotatable bonds is 8. The number of fused-ring (bicyclic) bond motifs is 1. The summed E-state index contributed by atoms with van der Waals surface area (Å²) in [7, 11) is 4.65. The van der Waals surface area contributed by atoms with E-state index < -0.39 is 0 Å². The molecular formula is C29H29BrN2O5. The molecule has 3 atom stereocenters. The van der Waals surface area contributed by atoms with Gasteiger partial charge in [0.05, 0.1) is 27.8 Å². The molecule has 2 fully saturated rings. The van der Waals surface area contributed by atoms with Crippen molar-refractivity contribution in [2.45, 2.75) is 12.5 Å². The normalized spacial score (nSPS) is 19.7. The molecule has 3 aromatic rings. The maximum absolute atomic E-state index is 13.1. The Kier molecular flexibility index (Phi) is 7.11. The van der Waals surface area contributed by atoms with Crippen LogP contribution in [-0.4, -0.2) is 57.2 Å². The molecule has 1 N–H and O–H groups in total. The van der Waals surface area contributed by atoms with Crippen molar-refractivity contribution >= 4 is 27.7 Å². The lowest BCUT2D eigenvalue weighted by Gasteiger charge is -2.20. The molecule has 1 aliphatic carbocycles. The number of piperidine rings is 1. The van der Waals surface area contributed by atoms with Crippen LogP contribution in [-0.2, 0) is 11.2 Å². The Labute approximate surface area is 224 Å². The molecule has 0 bridgehead atoms. The first kappa shape index (κ1) is 25.1. The second-order valence-electron chi connectivity index (χ2n) is 9.43. The van der Waals surface area contributed by atoms with E-state index in [1.54, 1.807) is 33.5 Å². The smallest absolute Gasteiger partial charge is 0.253 e. The number of carbonyl (C=O) groups is 2. The molecule has 2 amide bonds. The predicted octanol–water partition coefficient (Wildman–Crippen LogP) is 4.57. The zero-order valence-corrected chi connectivity index (χ0v) is 22.6. The number of methoxy groups -OCH3 is 3. The van der Waals surface area contributed by atoms with Crippen molar-refractivity contribution in [1.29, 1.82) is 0 Å². The number of carbonyl (C=O) groups excluding carboxylic acids is 2. The third-order valence-electron chi connectivity index (χ3n) is 7.19. The van der Waals surface area contributed by atoms with E-state index in [9.17, 15) is 9.59 Å². The van der Waals surface area contributed by atoms with Gasteiger partial charge in [-0.3, -0.25) is 9.59 Å². The van der Waals surface area contributed by atoms with Crippen LogP contribution in [0.1, 0.15) is 15.9 Å². The summed E-state index contributed by atoms with van der Waals surface area (Å²) in [5, 5.41) is 3.14. The molecule has 1 aliphatic heterocycles. The Morgan fingerprint density at radius 3 is 2.11 bits per heavy atom. The van der Waals surface area contributed by atoms with E-state index in [1.165, 1.54) is 0 Å². The number of hydrogen-bond donors (Lipinski definition) is 1. The summed E-state index contributed by atoms with van der Waals surface area (Å²) < 4.78 is 17.1. The number of likely N-dealkylation sites (tertiary alicyclic amines) is 1. The molecule has 8 heteroatoms. The number of nitrogens with zero attached hydrogens (tertiary/aromatic N) is 1. The Morgan fingerprint density at radius 1 is 0.892 bits per heavy atom. The van der Waals surface area contributed by atoms with Gasteiger partial charge < -0.3 is 24.4 Å². The fraction of sp³-hybridized carbons (Fsp3) is 0.310. The van der Waals surface area contributed by atoms with Gasteiger partial charge in [0.2, 0.25) is 11.7 Å². The molecule has 1 saturated heterocycles. The zero-order valence-electron chi connectivity index (χ0n) is 21.0. The maximum atomic E-state index is 13.1. The van der Waals surface area contributed by atoms with Crippen LogP contribution in [0.25, 0.3) is 11.1 Å². The zero-order chi connectivity index (χ0) is 26.1. The van der Waals surface area contributed by atoms with Crippen LogP contribution in [0.5, 0.6) is 17.2 Å². The van der Waals surface area contributed by atoms with Crippen LogP contribution in [0.15, 0.2) is 65.1 Å². The molecule has 37 heavy (non-hydrogen) atoms. The Morgan fingerprint density at radius 2 is 1.54 bits per heavy atom. The first-order valence-electron chi connectivity index (χ1n) is 12.2. The van der Waals surface area contributed by atoms with Crippen LogP contribution >= 0.6 is 15.9 Å². The largest absolute Gasteiger partial charge is 0.493 e. The molecular weight excluding hydrogens is 536 g/mol. The van der Waals surface area contributed by atoms with Crippen molar-refractivity contribution in [3.8, 4) is 28.4 Å². The average molecular weight is 565 g/mol. The van der Waals surface area contributed by atoms with Gasteiger partial charge in [0.15, 0.2) is 11.5 Å². The van der Waals surface area contributed by atoms with E-state index >= 15 is 0 Å². The van der Waals surface area contributed by atoms with Crippen molar-refractivity contribution in [2.24, 2.45) is 11.8 Å². The maximum Gasteiger partial charge on any atom is 0.253 e. The SMILES string of the molecule is COc1cc(CC(=O)NC2[C@H]3CN(C(=O)c4ccc(-c5cccc(Br)c5)cc4)C[C@@H]23)cc(OC)c1OC. The number of halogens is 1. The van der Waals surface area contributed by atoms with Crippen LogP contribution in [0.2, 0.25) is 0 Å². The van der Waals surface area contributed by atoms with Crippen LogP contribution < -0.4 is 19.5 Å². The topological polar surface area (TPSA) is 77.1 Å². The summed E-state index contributed by atoms with van der Waals surface area (Å²) in [4.78, 5) is 27.7. The summed E-state index contributed by atoms with van der Waals surface area (Å²) in [6.07, 6.45) is 0.208. The van der Waals surface area contributed by atoms with E-state index in [4.69, 9.17) is 14.2 Å². The molecule has 2 aliphatic rings. The highest BCUT2D eigenvalue weighted by Gasteiger charge is 2.57. The molecule has 0 spiro atoms. The summed E-state index contributed by atoms with van der Waals surface area (Å²) in [6, 6.07) is 19.5. The number of amides is 2. The lowest BCUT2D eigenvalue weighted by atomic mass is 10.0. The first-order valence-corrected chi connectivity index (χ1v) is 12.9. The lowest BCUT2D eigenvalue weighted by Crippen LogP contribution is -2.37. The third kappa shape index (κ3) is 5.16. The quantitative estimate of drug-likeness (QED) is 0.433. The summed E-state index contributed by atoms with van der Waals surface area (Å²) in [5.41, 5.74) is 3.63. The molecule has 1 saturated carbocycles. The van der Waals surface area contributed by atoms with Gasteiger partial charge in [-0.1, -0.05) is 40.2 Å². The monoisotopic (exact) mass is 564 g/mol. The van der Waals surface area contributed by atoms with Crippen LogP contribution in [0, 0.1) is 11.8 Å². The fourth-order valence-corrected chi connectivity index (χ4v) is 5.62. The summed E-state index contributed by atoms with van der Waals surface area (Å²) >= 11 is 3.50. The fourth-order valence-electron chi connectivity index (χ4n) is 5.22. The van der Waals surface area contributed by atoms with Crippen LogP contribution in [0.4, 0.5) is 0 Å². The molecule has 1 unspecified atom stereocenters. The summed E-state index contributed by atoms with van der Waals surface area (Å²) in [6.45, 7) is 1.32. The minimum atomic E-state index is -0.0605. The molecule has 5 rings (SSSR count). The third-order valence-corrected chi connectivity index (χ3v) is 7.68. The number of nitrogens with one attached hydrogen (secondary N) is 1. The molecule has 1 heterocycles. The van der Waals surface area contributed by atoms with Gasteiger partial charge in [-0.25, -0.2) is 0 Å². The van der Waals surface area contributed by atoms with Gasteiger partial charge in [0, 0.05) is 41.0 Å². The van der Waals surface area contributed by atoms with E-state index in [1.807, 2.05) is 47.4 Å². The van der Waals surface area contributed by atoms with E-state index in [0.29, 0.717) is 47.7 Å². The van der Waals surface area contributed by atoms with Gasteiger partial charge in [0.1, 0.15) is 0 Å². The average Bonchev–Trinajstić information content (AvgIpc) is 3.33. The lowest BCUT2D eigenvalue weighted by molar-refractivity contribution is -0.120. The van der Waals surface area contributed by atoms with E-state index in [-0.39, 0.29) is 24.3 Å². The molecule has 0 radical (unpaired) electrons. The standard InChI is InChI=1S/C29H29BrN2O5/c1-35-24-11-17(12-25(36-2)28(24)37-3)13-26(33)31-27-22-15-32(16-23(22)27)29(34)19-9-7-18(8-10-19)20-5-4-6-21(30)14-20/h4-12,14,22-23,27H,13,15-16H2,1-3H3,(H,31,33)/t22-,23+,27?. The molecule has 0 aromatic heterocycles. The molecule has 3 aromatic carbocycles. The predicted molar refractivity (Wildman–Crippen MR) is 144 cm³/mol. The van der Waals surface area contributed by atoms with Crippen molar-refractivity contribution in [1.82, 2.24) is 10.2 Å². The van der Waals surface area contributed by atoms with E-state index in [2.05, 4.69) is 27.3 Å². The number of ether oxygens (including phenoxy) is 3. The van der Waals surface area contributed by atoms with Crippen LogP contribution in [0.3, 0.4) is 0 Å². The highest BCUT2D eigenvalue weighted by Crippen LogP contribution is 2.46. The molecule has 192 valence electrons. The first-order chi connectivity index (χ1) is 17.9.